The first kappa shape index (κ1) is 18.9. The quantitative estimate of drug-likeness (QED) is 0.649. The molecule has 0 aliphatic carbocycles. The average molecular weight is 300 g/mol. The van der Waals surface area contributed by atoms with Crippen LogP contribution >= 0.6 is 0 Å². The van der Waals surface area contributed by atoms with Crippen molar-refractivity contribution in [1.82, 2.24) is 10.2 Å². The van der Waals surface area contributed by atoms with E-state index in [1.165, 1.54) is 25.9 Å². The van der Waals surface area contributed by atoms with Gasteiger partial charge in [-0.05, 0) is 51.1 Å². The average Bonchev–Trinajstić information content (AvgIpc) is 2.46. The van der Waals surface area contributed by atoms with Gasteiger partial charge in [0.15, 0.2) is 0 Å². The van der Waals surface area contributed by atoms with E-state index in [1.807, 2.05) is 0 Å². The monoisotopic (exact) mass is 300 g/mol. The van der Waals surface area contributed by atoms with Crippen LogP contribution in [0.25, 0.3) is 0 Å². The van der Waals surface area contributed by atoms with Gasteiger partial charge in [0, 0.05) is 25.2 Å². The number of ether oxygens (including phenoxy) is 1. The van der Waals surface area contributed by atoms with E-state index in [0.717, 1.165) is 32.4 Å². The van der Waals surface area contributed by atoms with Gasteiger partial charge in [-0.15, -0.1) is 0 Å². The molecule has 0 aromatic carbocycles. The van der Waals surface area contributed by atoms with Crippen LogP contribution in [0.2, 0.25) is 0 Å². The number of hydrogen-bond donors (Lipinski definition) is 2. The Kier molecular flexibility index (Phi) is 8.79. The Labute approximate surface area is 131 Å². The highest BCUT2D eigenvalue weighted by atomic mass is 16.5. The molecule has 1 aliphatic rings. The fourth-order valence-electron chi connectivity index (χ4n) is 3.57. The van der Waals surface area contributed by atoms with Crippen molar-refractivity contribution in [2.75, 3.05) is 40.0 Å². The molecule has 4 heteroatoms. The first-order valence-electron chi connectivity index (χ1n) is 8.65. The molecular weight excluding hydrogens is 264 g/mol. The number of hydrogen-bond acceptors (Lipinski definition) is 4. The van der Waals surface area contributed by atoms with Crippen LogP contribution in [0.5, 0.6) is 0 Å². The van der Waals surface area contributed by atoms with Crippen LogP contribution < -0.4 is 5.32 Å². The Bertz CT molecular complexity index is 266. The van der Waals surface area contributed by atoms with Crippen LogP contribution in [-0.4, -0.2) is 61.5 Å². The highest BCUT2D eigenvalue weighted by Crippen LogP contribution is 2.21. The summed E-state index contributed by atoms with van der Waals surface area (Å²) in [5, 5.41) is 13.4. The predicted octanol–water partition coefficient (Wildman–Crippen LogP) is 2.26. The third kappa shape index (κ3) is 6.64. The molecule has 126 valence electrons. The van der Waals surface area contributed by atoms with Gasteiger partial charge in [-0.2, -0.15) is 0 Å². The lowest BCUT2D eigenvalue weighted by Gasteiger charge is -2.36. The van der Waals surface area contributed by atoms with Crippen LogP contribution in [0.3, 0.4) is 0 Å². The number of nitrogens with one attached hydrogen (secondary N) is 1. The SMILES string of the molecule is CCC(CO)(CCCN1CCCC(COC)C1)NC(C)C. The molecule has 1 saturated heterocycles. The number of likely N-dealkylation sites (tertiary alicyclic amines) is 1. The van der Waals surface area contributed by atoms with E-state index in [1.54, 1.807) is 7.11 Å². The second kappa shape index (κ2) is 9.78. The molecule has 2 unspecified atom stereocenters. The van der Waals surface area contributed by atoms with Crippen molar-refractivity contribution in [2.45, 2.75) is 64.5 Å². The van der Waals surface area contributed by atoms with Gasteiger partial charge in [0.1, 0.15) is 0 Å². The summed E-state index contributed by atoms with van der Waals surface area (Å²) in [6.45, 7) is 11.1. The van der Waals surface area contributed by atoms with Gasteiger partial charge >= 0.3 is 0 Å². The molecule has 2 atom stereocenters. The predicted molar refractivity (Wildman–Crippen MR) is 88.7 cm³/mol. The maximum absolute atomic E-state index is 9.78. The summed E-state index contributed by atoms with van der Waals surface area (Å²) >= 11 is 0. The van der Waals surface area contributed by atoms with E-state index in [0.29, 0.717) is 12.0 Å². The number of piperidine rings is 1. The molecule has 1 aliphatic heterocycles. The second-order valence-electron chi connectivity index (χ2n) is 6.96. The molecular formula is C17H36N2O2. The third-order valence-electron chi connectivity index (χ3n) is 4.71. The minimum absolute atomic E-state index is 0.101. The van der Waals surface area contributed by atoms with Gasteiger partial charge in [-0.25, -0.2) is 0 Å². The molecule has 1 rings (SSSR count). The Morgan fingerprint density at radius 2 is 2.19 bits per heavy atom. The van der Waals surface area contributed by atoms with E-state index < -0.39 is 0 Å². The molecule has 0 amide bonds. The molecule has 0 radical (unpaired) electrons. The highest BCUT2D eigenvalue weighted by molar-refractivity contribution is 4.88. The Balaban J connectivity index is 2.36. The third-order valence-corrected chi connectivity index (χ3v) is 4.71. The Morgan fingerprint density at radius 3 is 2.76 bits per heavy atom. The zero-order chi connectivity index (χ0) is 15.7. The number of methoxy groups -OCH3 is 1. The fraction of sp³-hybridized carbons (Fsp3) is 1.00. The molecule has 0 aromatic heterocycles. The van der Waals surface area contributed by atoms with Crippen molar-refractivity contribution >= 4 is 0 Å². The van der Waals surface area contributed by atoms with E-state index in [9.17, 15) is 5.11 Å². The molecule has 21 heavy (non-hydrogen) atoms. The van der Waals surface area contributed by atoms with Crippen molar-refractivity contribution in [3.63, 3.8) is 0 Å². The largest absolute Gasteiger partial charge is 0.394 e. The first-order valence-corrected chi connectivity index (χ1v) is 8.65. The lowest BCUT2D eigenvalue weighted by molar-refractivity contribution is 0.0846. The van der Waals surface area contributed by atoms with Crippen LogP contribution in [-0.2, 0) is 4.74 Å². The van der Waals surface area contributed by atoms with Crippen LogP contribution in [0.15, 0.2) is 0 Å². The number of aliphatic hydroxyl groups is 1. The topological polar surface area (TPSA) is 44.7 Å². The van der Waals surface area contributed by atoms with Crippen molar-refractivity contribution in [1.29, 1.82) is 0 Å². The van der Waals surface area contributed by atoms with Crippen LogP contribution in [0, 0.1) is 5.92 Å². The zero-order valence-corrected chi connectivity index (χ0v) is 14.5. The molecule has 0 spiro atoms. The summed E-state index contributed by atoms with van der Waals surface area (Å²) in [6, 6.07) is 0.415. The van der Waals surface area contributed by atoms with E-state index >= 15 is 0 Å². The van der Waals surface area contributed by atoms with E-state index in [4.69, 9.17) is 4.74 Å². The van der Waals surface area contributed by atoms with Crippen molar-refractivity contribution in [3.05, 3.63) is 0 Å². The Morgan fingerprint density at radius 1 is 1.43 bits per heavy atom. The molecule has 1 fully saturated rings. The lowest BCUT2D eigenvalue weighted by atomic mass is 9.90. The second-order valence-corrected chi connectivity index (χ2v) is 6.96. The summed E-state index contributed by atoms with van der Waals surface area (Å²) < 4.78 is 5.30. The molecule has 1 heterocycles. The first-order chi connectivity index (χ1) is 10.0. The van der Waals surface area contributed by atoms with Gasteiger partial charge in [0.05, 0.1) is 13.2 Å². The Hall–Kier alpha value is -0.160. The normalized spacial score (nSPS) is 23.4. The van der Waals surface area contributed by atoms with Gasteiger partial charge in [0.25, 0.3) is 0 Å². The van der Waals surface area contributed by atoms with Crippen LogP contribution in [0.1, 0.15) is 52.9 Å². The minimum Gasteiger partial charge on any atom is -0.394 e. The summed E-state index contributed by atoms with van der Waals surface area (Å²) in [6.07, 6.45) is 5.76. The molecule has 2 N–H and O–H groups in total. The lowest BCUT2D eigenvalue weighted by Crippen LogP contribution is -2.51. The van der Waals surface area contributed by atoms with E-state index in [-0.39, 0.29) is 12.1 Å². The zero-order valence-electron chi connectivity index (χ0n) is 14.5. The van der Waals surface area contributed by atoms with Crippen molar-refractivity contribution in [3.8, 4) is 0 Å². The maximum Gasteiger partial charge on any atom is 0.0613 e. The molecule has 0 aromatic rings. The van der Waals surface area contributed by atoms with Gasteiger partial charge in [0.2, 0.25) is 0 Å². The van der Waals surface area contributed by atoms with Crippen molar-refractivity contribution < 1.29 is 9.84 Å². The number of rotatable bonds is 10. The fourth-order valence-corrected chi connectivity index (χ4v) is 3.57. The van der Waals surface area contributed by atoms with Gasteiger partial charge < -0.3 is 20.1 Å². The van der Waals surface area contributed by atoms with Gasteiger partial charge in [-0.1, -0.05) is 20.8 Å². The highest BCUT2D eigenvalue weighted by Gasteiger charge is 2.28. The van der Waals surface area contributed by atoms with Gasteiger partial charge in [-0.3, -0.25) is 0 Å². The number of aliphatic hydroxyl groups excluding tert-OH is 1. The summed E-state index contributed by atoms with van der Waals surface area (Å²) in [5.41, 5.74) is -0.101. The molecule has 4 nitrogen and oxygen atoms in total. The minimum atomic E-state index is -0.101. The smallest absolute Gasteiger partial charge is 0.0613 e. The summed E-state index contributed by atoms with van der Waals surface area (Å²) in [5.74, 6) is 0.700. The maximum atomic E-state index is 9.78. The van der Waals surface area contributed by atoms with Crippen LogP contribution in [0.4, 0.5) is 0 Å². The number of nitrogens with zero attached hydrogens (tertiary/aromatic N) is 1. The van der Waals surface area contributed by atoms with E-state index in [2.05, 4.69) is 31.0 Å². The van der Waals surface area contributed by atoms with Crippen molar-refractivity contribution in [2.24, 2.45) is 5.92 Å². The molecule has 0 saturated carbocycles. The summed E-state index contributed by atoms with van der Waals surface area (Å²) in [7, 11) is 1.80. The molecule has 0 bridgehead atoms. The standard InChI is InChI=1S/C17H36N2O2/c1-5-17(14-20,18-15(2)3)9-7-11-19-10-6-8-16(12-19)13-21-4/h15-16,18,20H,5-14H2,1-4H3. The summed E-state index contributed by atoms with van der Waals surface area (Å²) in [4.78, 5) is 2.57.